The van der Waals surface area contributed by atoms with Crippen LogP contribution < -0.4 is 10.9 Å². The average molecular weight is 258 g/mol. The summed E-state index contributed by atoms with van der Waals surface area (Å²) in [5.74, 6) is -0.509. The van der Waals surface area contributed by atoms with Crippen molar-refractivity contribution >= 4 is 5.91 Å². The zero-order valence-electron chi connectivity index (χ0n) is 10.2. The van der Waals surface area contributed by atoms with Gasteiger partial charge in [-0.2, -0.15) is 0 Å². The first-order chi connectivity index (χ1) is 9.22. The monoisotopic (exact) mass is 258 g/mol. The summed E-state index contributed by atoms with van der Waals surface area (Å²) in [6, 6.07) is 11.6. The lowest BCUT2D eigenvalue weighted by Crippen LogP contribution is -2.34. The lowest BCUT2D eigenvalue weighted by atomic mass is 10.1. The second-order valence-corrected chi connectivity index (χ2v) is 4.03. The molecule has 2 aromatic rings. The summed E-state index contributed by atoms with van der Waals surface area (Å²) in [5, 5.41) is 12.0. The Hall–Kier alpha value is -2.40. The van der Waals surface area contributed by atoms with E-state index in [-0.39, 0.29) is 12.2 Å². The zero-order valence-corrected chi connectivity index (χ0v) is 10.2. The number of rotatable bonds is 4. The van der Waals surface area contributed by atoms with Gasteiger partial charge in [0.25, 0.3) is 11.5 Å². The summed E-state index contributed by atoms with van der Waals surface area (Å²) < 4.78 is 0. The van der Waals surface area contributed by atoms with Crippen LogP contribution in [0.15, 0.2) is 53.5 Å². The molecular weight excluding hydrogens is 244 g/mol. The maximum atomic E-state index is 12.0. The number of aromatic nitrogens is 1. The van der Waals surface area contributed by atoms with E-state index in [2.05, 4.69) is 10.3 Å². The zero-order chi connectivity index (χ0) is 13.7. The van der Waals surface area contributed by atoms with Crippen LogP contribution in [0.2, 0.25) is 0 Å². The molecule has 0 fully saturated rings. The Kier molecular flexibility index (Phi) is 4.10. The average Bonchev–Trinajstić information content (AvgIpc) is 2.46. The van der Waals surface area contributed by atoms with Crippen molar-refractivity contribution in [2.75, 3.05) is 6.61 Å². The van der Waals surface area contributed by atoms with Gasteiger partial charge in [0.05, 0.1) is 12.6 Å². The van der Waals surface area contributed by atoms with Gasteiger partial charge in [0, 0.05) is 6.20 Å². The minimum atomic E-state index is -0.534. The molecule has 0 radical (unpaired) electrons. The topological polar surface area (TPSA) is 82.2 Å². The van der Waals surface area contributed by atoms with Crippen LogP contribution in [0.5, 0.6) is 0 Å². The molecule has 98 valence electrons. The molecule has 5 nitrogen and oxygen atoms in total. The minimum absolute atomic E-state index is 0.0249. The molecule has 0 saturated heterocycles. The van der Waals surface area contributed by atoms with Gasteiger partial charge in [-0.1, -0.05) is 30.3 Å². The molecule has 0 spiro atoms. The van der Waals surface area contributed by atoms with Gasteiger partial charge in [-0.15, -0.1) is 0 Å². The summed E-state index contributed by atoms with van der Waals surface area (Å²) in [6.45, 7) is -0.236. The van der Waals surface area contributed by atoms with Crippen molar-refractivity contribution in [1.82, 2.24) is 10.3 Å². The minimum Gasteiger partial charge on any atom is -0.394 e. The molecule has 0 saturated carbocycles. The summed E-state index contributed by atoms with van der Waals surface area (Å²) in [5.41, 5.74) is 0.354. The van der Waals surface area contributed by atoms with Crippen LogP contribution in [0, 0.1) is 0 Å². The molecule has 5 heteroatoms. The number of amides is 1. The number of benzene rings is 1. The number of H-pyrrole nitrogens is 1. The predicted molar refractivity (Wildman–Crippen MR) is 70.8 cm³/mol. The van der Waals surface area contributed by atoms with Crippen LogP contribution in [0.25, 0.3) is 0 Å². The molecule has 1 aromatic carbocycles. The van der Waals surface area contributed by atoms with Gasteiger partial charge in [0.15, 0.2) is 0 Å². The van der Waals surface area contributed by atoms with Gasteiger partial charge in [-0.25, -0.2) is 0 Å². The lowest BCUT2D eigenvalue weighted by Gasteiger charge is -2.16. The first kappa shape index (κ1) is 13.0. The molecular formula is C14H14N2O3. The van der Waals surface area contributed by atoms with E-state index in [4.69, 9.17) is 0 Å². The number of carbonyl (C=O) groups is 1. The van der Waals surface area contributed by atoms with Gasteiger partial charge in [0.2, 0.25) is 0 Å². The maximum absolute atomic E-state index is 12.0. The van der Waals surface area contributed by atoms with E-state index >= 15 is 0 Å². The number of carbonyl (C=O) groups excluding carboxylic acids is 1. The molecule has 0 aliphatic rings. The highest BCUT2D eigenvalue weighted by Gasteiger charge is 2.16. The van der Waals surface area contributed by atoms with Crippen LogP contribution >= 0.6 is 0 Å². The molecule has 3 N–H and O–H groups in total. The predicted octanol–water partition coefficient (Wildman–Crippen LogP) is 0.838. The highest BCUT2D eigenvalue weighted by atomic mass is 16.3. The molecule has 1 aromatic heterocycles. The molecule has 1 atom stereocenters. The van der Waals surface area contributed by atoms with E-state index in [1.165, 1.54) is 12.3 Å². The molecule has 0 bridgehead atoms. The Morgan fingerprint density at radius 1 is 1.21 bits per heavy atom. The Bertz CT molecular complexity index is 607. The fourth-order valence-corrected chi connectivity index (χ4v) is 1.76. The summed E-state index contributed by atoms with van der Waals surface area (Å²) in [6.07, 6.45) is 1.46. The molecule has 1 amide bonds. The third kappa shape index (κ3) is 3.08. The van der Waals surface area contributed by atoms with Crippen LogP contribution in [-0.2, 0) is 0 Å². The van der Waals surface area contributed by atoms with E-state index in [9.17, 15) is 14.7 Å². The third-order valence-electron chi connectivity index (χ3n) is 2.75. The number of aliphatic hydroxyl groups is 1. The largest absolute Gasteiger partial charge is 0.394 e. The standard InChI is InChI=1S/C14H14N2O3/c17-9-12(10-5-2-1-3-6-10)16-14(19)11-7-4-8-15-13(11)18/h1-8,12,17H,9H2,(H,15,18)(H,16,19). The van der Waals surface area contributed by atoms with Crippen molar-refractivity contribution in [1.29, 1.82) is 0 Å². The second-order valence-electron chi connectivity index (χ2n) is 4.03. The van der Waals surface area contributed by atoms with Gasteiger partial charge in [-0.05, 0) is 17.7 Å². The van der Waals surface area contributed by atoms with E-state index in [1.54, 1.807) is 18.2 Å². The second kappa shape index (κ2) is 5.97. The molecule has 0 aliphatic carbocycles. The van der Waals surface area contributed by atoms with E-state index in [0.717, 1.165) is 5.56 Å². The van der Waals surface area contributed by atoms with Crippen LogP contribution in [0.1, 0.15) is 22.0 Å². The third-order valence-corrected chi connectivity index (χ3v) is 2.75. The van der Waals surface area contributed by atoms with E-state index in [0.29, 0.717) is 0 Å². The lowest BCUT2D eigenvalue weighted by molar-refractivity contribution is 0.0914. The Morgan fingerprint density at radius 3 is 2.58 bits per heavy atom. The van der Waals surface area contributed by atoms with Crippen LogP contribution in [0.4, 0.5) is 0 Å². The van der Waals surface area contributed by atoms with Crippen molar-refractivity contribution in [3.8, 4) is 0 Å². The fourth-order valence-electron chi connectivity index (χ4n) is 1.76. The number of pyridine rings is 1. The highest BCUT2D eigenvalue weighted by molar-refractivity contribution is 5.94. The quantitative estimate of drug-likeness (QED) is 0.760. The van der Waals surface area contributed by atoms with Crippen molar-refractivity contribution in [2.45, 2.75) is 6.04 Å². The first-order valence-corrected chi connectivity index (χ1v) is 5.86. The SMILES string of the molecule is O=C(NC(CO)c1ccccc1)c1ccc[nH]c1=O. The maximum Gasteiger partial charge on any atom is 0.260 e. The summed E-state index contributed by atoms with van der Waals surface area (Å²) in [4.78, 5) is 25.9. The van der Waals surface area contributed by atoms with Gasteiger partial charge < -0.3 is 15.4 Å². The number of hydrogen-bond donors (Lipinski definition) is 3. The van der Waals surface area contributed by atoms with Crippen LogP contribution in [0.3, 0.4) is 0 Å². The summed E-state index contributed by atoms with van der Waals surface area (Å²) in [7, 11) is 0. The number of nitrogens with one attached hydrogen (secondary N) is 2. The van der Waals surface area contributed by atoms with Crippen molar-refractivity contribution in [3.05, 3.63) is 70.1 Å². The Morgan fingerprint density at radius 2 is 1.95 bits per heavy atom. The molecule has 1 unspecified atom stereocenters. The van der Waals surface area contributed by atoms with E-state index in [1.807, 2.05) is 18.2 Å². The molecule has 0 aliphatic heterocycles. The Labute approximate surface area is 109 Å². The van der Waals surface area contributed by atoms with Gasteiger partial charge >= 0.3 is 0 Å². The first-order valence-electron chi connectivity index (χ1n) is 5.86. The van der Waals surface area contributed by atoms with Gasteiger partial charge in [-0.3, -0.25) is 9.59 Å². The Balaban J connectivity index is 2.18. The molecule has 19 heavy (non-hydrogen) atoms. The smallest absolute Gasteiger partial charge is 0.260 e. The number of hydrogen-bond acceptors (Lipinski definition) is 3. The van der Waals surface area contributed by atoms with Crippen molar-refractivity contribution in [2.24, 2.45) is 0 Å². The van der Waals surface area contributed by atoms with E-state index < -0.39 is 17.5 Å². The molecule has 1 heterocycles. The normalized spacial score (nSPS) is 11.8. The molecule has 2 rings (SSSR count). The fraction of sp³-hybridized carbons (Fsp3) is 0.143. The van der Waals surface area contributed by atoms with Gasteiger partial charge in [0.1, 0.15) is 5.56 Å². The summed E-state index contributed by atoms with van der Waals surface area (Å²) >= 11 is 0. The van der Waals surface area contributed by atoms with Crippen molar-refractivity contribution in [3.63, 3.8) is 0 Å². The number of aliphatic hydroxyl groups excluding tert-OH is 1. The highest BCUT2D eigenvalue weighted by Crippen LogP contribution is 2.11. The number of aromatic amines is 1. The van der Waals surface area contributed by atoms with Crippen molar-refractivity contribution < 1.29 is 9.90 Å². The van der Waals surface area contributed by atoms with Crippen LogP contribution in [-0.4, -0.2) is 22.6 Å².